The number of aromatic nitrogens is 2. The Hall–Kier alpha value is -0.450. The van der Waals surface area contributed by atoms with Crippen LogP contribution in [0, 0.1) is 6.92 Å². The molecule has 0 amide bonds. The SMILES string of the molecule is Cc1cc(Cl)nc(-c2sccc2Br)n1. The molecule has 0 atom stereocenters. The molecule has 0 radical (unpaired) electrons. The second-order valence-electron chi connectivity index (χ2n) is 2.75. The van der Waals surface area contributed by atoms with Crippen LogP contribution >= 0.6 is 38.9 Å². The molecule has 14 heavy (non-hydrogen) atoms. The smallest absolute Gasteiger partial charge is 0.172 e. The zero-order valence-corrected chi connectivity index (χ0v) is 10.4. The lowest BCUT2D eigenvalue weighted by Gasteiger charge is -1.99. The largest absolute Gasteiger partial charge is 0.233 e. The first-order valence-corrected chi connectivity index (χ1v) is 5.96. The van der Waals surface area contributed by atoms with Crippen LogP contribution < -0.4 is 0 Å². The van der Waals surface area contributed by atoms with Gasteiger partial charge in [0.05, 0.1) is 4.88 Å². The molecule has 0 bridgehead atoms. The summed E-state index contributed by atoms with van der Waals surface area (Å²) in [7, 11) is 0. The van der Waals surface area contributed by atoms with Gasteiger partial charge in [-0.2, -0.15) is 0 Å². The van der Waals surface area contributed by atoms with Crippen LogP contribution in [0.2, 0.25) is 5.15 Å². The quantitative estimate of drug-likeness (QED) is 0.743. The number of hydrogen-bond donors (Lipinski definition) is 0. The molecule has 0 aliphatic carbocycles. The van der Waals surface area contributed by atoms with Crippen LogP contribution in [0.4, 0.5) is 0 Å². The summed E-state index contributed by atoms with van der Waals surface area (Å²) in [6.45, 7) is 1.90. The van der Waals surface area contributed by atoms with Crippen molar-refractivity contribution >= 4 is 38.9 Å². The van der Waals surface area contributed by atoms with E-state index < -0.39 is 0 Å². The van der Waals surface area contributed by atoms with Crippen LogP contribution in [0.1, 0.15) is 5.69 Å². The lowest BCUT2D eigenvalue weighted by Crippen LogP contribution is -1.90. The average molecular weight is 290 g/mol. The summed E-state index contributed by atoms with van der Waals surface area (Å²) in [4.78, 5) is 9.50. The van der Waals surface area contributed by atoms with E-state index in [0.717, 1.165) is 15.0 Å². The monoisotopic (exact) mass is 288 g/mol. The summed E-state index contributed by atoms with van der Waals surface area (Å²) in [5, 5.41) is 2.46. The molecule has 72 valence electrons. The van der Waals surface area contributed by atoms with Crippen molar-refractivity contribution in [2.75, 3.05) is 0 Å². The van der Waals surface area contributed by atoms with Gasteiger partial charge in [-0.25, -0.2) is 9.97 Å². The van der Waals surface area contributed by atoms with Gasteiger partial charge in [0.2, 0.25) is 0 Å². The molecule has 0 aromatic carbocycles. The number of nitrogens with zero attached hydrogens (tertiary/aromatic N) is 2. The third kappa shape index (κ3) is 1.97. The van der Waals surface area contributed by atoms with Crippen molar-refractivity contribution in [2.24, 2.45) is 0 Å². The number of thiophene rings is 1. The van der Waals surface area contributed by atoms with Crippen molar-refractivity contribution in [1.82, 2.24) is 9.97 Å². The van der Waals surface area contributed by atoms with Crippen molar-refractivity contribution in [1.29, 1.82) is 0 Å². The van der Waals surface area contributed by atoms with Crippen molar-refractivity contribution in [3.05, 3.63) is 32.8 Å². The molecule has 0 saturated carbocycles. The molecule has 2 aromatic rings. The summed E-state index contributed by atoms with van der Waals surface area (Å²) in [5.74, 6) is 0.678. The van der Waals surface area contributed by atoms with Crippen molar-refractivity contribution < 1.29 is 0 Å². The highest BCUT2D eigenvalue weighted by molar-refractivity contribution is 9.10. The van der Waals surface area contributed by atoms with Crippen molar-refractivity contribution in [3.63, 3.8) is 0 Å². The van der Waals surface area contributed by atoms with Crippen LogP contribution in [0.3, 0.4) is 0 Å². The average Bonchev–Trinajstić information content (AvgIpc) is 2.49. The van der Waals surface area contributed by atoms with Crippen molar-refractivity contribution in [3.8, 4) is 10.7 Å². The third-order valence-corrected chi connectivity index (χ3v) is 3.67. The Morgan fingerprint density at radius 3 is 2.79 bits per heavy atom. The van der Waals surface area contributed by atoms with E-state index in [1.54, 1.807) is 17.4 Å². The minimum Gasteiger partial charge on any atom is -0.233 e. The van der Waals surface area contributed by atoms with E-state index in [-0.39, 0.29) is 0 Å². The molecule has 5 heteroatoms. The fourth-order valence-electron chi connectivity index (χ4n) is 1.08. The Balaban J connectivity index is 2.57. The van der Waals surface area contributed by atoms with E-state index in [1.807, 2.05) is 18.4 Å². The summed E-state index contributed by atoms with van der Waals surface area (Å²) >= 11 is 10.9. The van der Waals surface area contributed by atoms with Gasteiger partial charge in [-0.1, -0.05) is 11.6 Å². The van der Waals surface area contributed by atoms with Gasteiger partial charge in [-0.05, 0) is 40.4 Å². The number of rotatable bonds is 1. The van der Waals surface area contributed by atoms with Gasteiger partial charge in [0.15, 0.2) is 5.82 Å². The van der Waals surface area contributed by atoms with Gasteiger partial charge in [-0.3, -0.25) is 0 Å². The molecule has 0 spiro atoms. The van der Waals surface area contributed by atoms with Gasteiger partial charge in [0.25, 0.3) is 0 Å². The van der Waals surface area contributed by atoms with E-state index >= 15 is 0 Å². The summed E-state index contributed by atoms with van der Waals surface area (Å²) in [6.07, 6.45) is 0. The summed E-state index contributed by atoms with van der Waals surface area (Å²) in [5.41, 5.74) is 0.875. The van der Waals surface area contributed by atoms with Gasteiger partial charge < -0.3 is 0 Å². The highest BCUT2D eigenvalue weighted by Crippen LogP contribution is 2.31. The van der Waals surface area contributed by atoms with Crippen LogP contribution in [-0.2, 0) is 0 Å². The molecule has 0 fully saturated rings. The molecule has 2 nitrogen and oxygen atoms in total. The van der Waals surface area contributed by atoms with Crippen LogP contribution in [-0.4, -0.2) is 9.97 Å². The number of aryl methyl sites for hydroxylation is 1. The Morgan fingerprint density at radius 2 is 2.21 bits per heavy atom. The molecule has 2 rings (SSSR count). The van der Waals surface area contributed by atoms with Gasteiger partial charge in [0.1, 0.15) is 5.15 Å². The van der Waals surface area contributed by atoms with Crippen LogP contribution in [0.5, 0.6) is 0 Å². The molecule has 2 heterocycles. The van der Waals surface area contributed by atoms with Crippen LogP contribution in [0.15, 0.2) is 22.0 Å². The second-order valence-corrected chi connectivity index (χ2v) is 4.91. The maximum atomic E-state index is 5.86. The fraction of sp³-hybridized carbons (Fsp3) is 0.111. The van der Waals surface area contributed by atoms with E-state index in [1.165, 1.54) is 0 Å². The fourth-order valence-corrected chi connectivity index (χ4v) is 2.81. The maximum absolute atomic E-state index is 5.86. The molecule has 0 N–H and O–H groups in total. The molecular formula is C9H6BrClN2S. The first-order valence-electron chi connectivity index (χ1n) is 3.91. The molecule has 0 unspecified atom stereocenters. The Kier molecular flexibility index (Phi) is 2.85. The highest BCUT2D eigenvalue weighted by Gasteiger charge is 2.08. The molecular weight excluding hydrogens is 284 g/mol. The predicted molar refractivity (Wildman–Crippen MR) is 62.8 cm³/mol. The number of hydrogen-bond acceptors (Lipinski definition) is 3. The zero-order chi connectivity index (χ0) is 10.1. The van der Waals surface area contributed by atoms with Gasteiger partial charge in [-0.15, -0.1) is 11.3 Å². The topological polar surface area (TPSA) is 25.8 Å². The predicted octanol–water partition coefficient (Wildman–Crippen LogP) is 3.93. The normalized spacial score (nSPS) is 10.5. The highest BCUT2D eigenvalue weighted by atomic mass is 79.9. The molecule has 0 aliphatic heterocycles. The Morgan fingerprint density at radius 1 is 1.43 bits per heavy atom. The van der Waals surface area contributed by atoms with E-state index in [0.29, 0.717) is 11.0 Å². The van der Waals surface area contributed by atoms with Gasteiger partial charge >= 0.3 is 0 Å². The Labute approximate surface area is 99.1 Å². The second kappa shape index (κ2) is 3.96. The molecule has 0 aliphatic rings. The molecule has 0 saturated heterocycles. The van der Waals surface area contributed by atoms with E-state index in [2.05, 4.69) is 25.9 Å². The minimum atomic E-state index is 0.479. The van der Waals surface area contributed by atoms with Crippen LogP contribution in [0.25, 0.3) is 10.7 Å². The minimum absolute atomic E-state index is 0.479. The standard InChI is InChI=1S/C9H6BrClN2S/c1-5-4-7(11)13-9(12-5)8-6(10)2-3-14-8/h2-4H,1H3. The summed E-state index contributed by atoms with van der Waals surface area (Å²) < 4.78 is 1.00. The van der Waals surface area contributed by atoms with E-state index in [9.17, 15) is 0 Å². The van der Waals surface area contributed by atoms with E-state index in [4.69, 9.17) is 11.6 Å². The number of halogens is 2. The Bertz CT molecular complexity index is 449. The zero-order valence-electron chi connectivity index (χ0n) is 7.29. The first-order chi connectivity index (χ1) is 6.66. The third-order valence-electron chi connectivity index (χ3n) is 1.64. The molecule has 2 aromatic heterocycles. The maximum Gasteiger partial charge on any atom is 0.172 e. The van der Waals surface area contributed by atoms with Gasteiger partial charge in [0, 0.05) is 10.2 Å². The lowest BCUT2D eigenvalue weighted by molar-refractivity contribution is 1.12. The summed E-state index contributed by atoms with van der Waals surface area (Å²) in [6, 6.07) is 3.71. The van der Waals surface area contributed by atoms with Crippen molar-refractivity contribution in [2.45, 2.75) is 6.92 Å². The lowest BCUT2D eigenvalue weighted by atomic mass is 10.4. The first kappa shape index (κ1) is 10.1.